The van der Waals surface area contributed by atoms with E-state index in [1.54, 1.807) is 11.9 Å². The van der Waals surface area contributed by atoms with Crippen molar-refractivity contribution in [2.75, 3.05) is 18.3 Å². The summed E-state index contributed by atoms with van der Waals surface area (Å²) in [6, 6.07) is 8.03. The van der Waals surface area contributed by atoms with Crippen molar-refractivity contribution in [3.8, 4) is 6.07 Å². The molecule has 1 amide bonds. The first-order valence-corrected chi connectivity index (χ1v) is 15.1. The number of hydrogen-bond acceptors (Lipinski definition) is 7. The van der Waals surface area contributed by atoms with Crippen molar-refractivity contribution in [2.45, 2.75) is 63.4 Å². The molecule has 1 aromatic carbocycles. The maximum atomic E-state index is 13.0. The number of aliphatic hydroxyl groups is 1. The van der Waals surface area contributed by atoms with Crippen LogP contribution in [0.5, 0.6) is 0 Å². The van der Waals surface area contributed by atoms with Crippen molar-refractivity contribution in [3.05, 3.63) is 39.9 Å². The van der Waals surface area contributed by atoms with Crippen LogP contribution in [-0.2, 0) is 21.2 Å². The molecule has 6 atom stereocenters. The quantitative estimate of drug-likeness (QED) is 0.504. The van der Waals surface area contributed by atoms with Crippen LogP contribution in [0.4, 0.5) is 5.13 Å². The minimum Gasteiger partial charge on any atom is -0.392 e. The second-order valence-corrected chi connectivity index (χ2v) is 13.9. The smallest absolute Gasteiger partial charge is 0.263 e. The third-order valence-corrected chi connectivity index (χ3v) is 11.0. The SMILES string of the molecule is C[C@H](C(=O)N(C)CCC#N)[C@H]1CC[C@@]2(C)Cc3sc(NS(=O)(=O)c4ccc(Cl)cc4)nc3[C@@H](C)[C@@H]2[C@H]1O. The van der Waals surface area contributed by atoms with E-state index in [1.165, 1.54) is 35.6 Å². The molecular weight excluding hydrogens is 532 g/mol. The van der Waals surface area contributed by atoms with Crippen molar-refractivity contribution >= 4 is 44.0 Å². The first kappa shape index (κ1) is 27.8. The molecule has 0 bridgehead atoms. The van der Waals surface area contributed by atoms with Crippen LogP contribution < -0.4 is 4.72 Å². The van der Waals surface area contributed by atoms with Gasteiger partial charge in [-0.2, -0.15) is 5.26 Å². The molecule has 8 nitrogen and oxygen atoms in total. The maximum Gasteiger partial charge on any atom is 0.263 e. The second-order valence-electron chi connectivity index (χ2n) is 10.7. The van der Waals surface area contributed by atoms with Crippen LogP contribution in [0.15, 0.2) is 29.2 Å². The predicted molar refractivity (Wildman–Crippen MR) is 144 cm³/mol. The Bertz CT molecular complexity index is 1310. The Morgan fingerprint density at radius 2 is 2.08 bits per heavy atom. The van der Waals surface area contributed by atoms with Gasteiger partial charge >= 0.3 is 0 Å². The van der Waals surface area contributed by atoms with Crippen molar-refractivity contribution in [3.63, 3.8) is 0 Å². The lowest BCUT2D eigenvalue weighted by Crippen LogP contribution is -2.53. The Balaban J connectivity index is 1.55. The number of halogens is 1. The number of carbonyl (C=O) groups is 1. The summed E-state index contributed by atoms with van der Waals surface area (Å²) in [5.41, 5.74) is 0.627. The Morgan fingerprint density at radius 1 is 1.41 bits per heavy atom. The largest absolute Gasteiger partial charge is 0.392 e. The van der Waals surface area contributed by atoms with E-state index in [2.05, 4.69) is 22.7 Å². The van der Waals surface area contributed by atoms with Gasteiger partial charge in [0.1, 0.15) is 0 Å². The summed E-state index contributed by atoms with van der Waals surface area (Å²) in [5, 5.41) is 21.2. The highest BCUT2D eigenvalue weighted by Crippen LogP contribution is 2.57. The van der Waals surface area contributed by atoms with Crippen LogP contribution in [0.25, 0.3) is 0 Å². The van der Waals surface area contributed by atoms with Gasteiger partial charge in [-0.15, -0.1) is 11.3 Å². The number of nitriles is 1. The summed E-state index contributed by atoms with van der Waals surface area (Å²) < 4.78 is 28.4. The van der Waals surface area contributed by atoms with Gasteiger partial charge < -0.3 is 10.0 Å². The molecule has 1 heterocycles. The molecule has 0 spiro atoms. The lowest BCUT2D eigenvalue weighted by atomic mass is 9.53. The summed E-state index contributed by atoms with van der Waals surface area (Å²) >= 11 is 7.24. The number of aromatic nitrogens is 1. The monoisotopic (exact) mass is 564 g/mol. The fraction of sp³-hybridized carbons (Fsp3) is 0.577. The molecule has 1 aromatic heterocycles. The number of amides is 1. The normalized spacial score (nSPS) is 27.9. The molecule has 2 aliphatic carbocycles. The van der Waals surface area contributed by atoms with Crippen LogP contribution in [0, 0.1) is 34.5 Å². The first-order valence-electron chi connectivity index (χ1n) is 12.5. The fourth-order valence-corrected chi connectivity index (χ4v) is 8.86. The van der Waals surface area contributed by atoms with Gasteiger partial charge in [-0.25, -0.2) is 13.4 Å². The van der Waals surface area contributed by atoms with E-state index < -0.39 is 16.1 Å². The molecule has 4 rings (SSSR count). The molecule has 11 heteroatoms. The third kappa shape index (κ3) is 5.37. The zero-order valence-corrected chi connectivity index (χ0v) is 23.8. The number of nitrogens with one attached hydrogen (secondary N) is 1. The number of carbonyl (C=O) groups excluding carboxylic acids is 1. The Kier molecular flexibility index (Phi) is 7.92. The molecule has 2 aromatic rings. The van der Waals surface area contributed by atoms with Crippen LogP contribution in [0.3, 0.4) is 0 Å². The van der Waals surface area contributed by atoms with E-state index in [1.807, 2.05) is 13.8 Å². The van der Waals surface area contributed by atoms with Gasteiger partial charge in [0.15, 0.2) is 5.13 Å². The highest BCUT2D eigenvalue weighted by Gasteiger charge is 2.54. The number of nitrogens with zero attached hydrogens (tertiary/aromatic N) is 3. The van der Waals surface area contributed by atoms with Crippen molar-refractivity contribution in [2.24, 2.45) is 23.2 Å². The predicted octanol–water partition coefficient (Wildman–Crippen LogP) is 4.66. The van der Waals surface area contributed by atoms with Gasteiger partial charge in [0.2, 0.25) is 5.91 Å². The van der Waals surface area contributed by atoms with Gasteiger partial charge in [0.25, 0.3) is 10.0 Å². The van der Waals surface area contributed by atoms with Gasteiger partial charge in [0.05, 0.1) is 29.2 Å². The molecule has 0 saturated heterocycles. The third-order valence-electron chi connectivity index (χ3n) is 8.23. The standard InChI is InChI=1S/C26H33ClN4O4S2/c1-15(24(33)31(4)13-5-12-28)19-10-11-26(3)14-20-22(16(2)21(26)23(19)32)29-25(36-20)30-37(34,35)18-8-6-17(27)7-9-18/h6-9,15-16,19,21,23,32H,5,10-11,13-14H2,1-4H3,(H,29,30)/t15-,16-,19+,21+,23-,26-/m0/s1. The Morgan fingerprint density at radius 3 is 2.73 bits per heavy atom. The number of thiazole rings is 1. The molecular formula is C26H33ClN4O4S2. The van der Waals surface area contributed by atoms with Crippen LogP contribution in [0.1, 0.15) is 56.5 Å². The minimum absolute atomic E-state index is 0.0559. The van der Waals surface area contributed by atoms with Crippen LogP contribution in [0.2, 0.25) is 5.02 Å². The van der Waals surface area contributed by atoms with Crippen LogP contribution >= 0.6 is 22.9 Å². The number of benzene rings is 1. The van der Waals surface area contributed by atoms with E-state index in [9.17, 15) is 18.3 Å². The summed E-state index contributed by atoms with van der Waals surface area (Å²) in [6.45, 7) is 6.46. The van der Waals surface area contributed by atoms with Crippen molar-refractivity contribution < 1.29 is 18.3 Å². The number of anilines is 1. The summed E-state index contributed by atoms with van der Waals surface area (Å²) in [5.74, 6) is -0.828. The summed E-state index contributed by atoms with van der Waals surface area (Å²) in [4.78, 5) is 20.4. The molecule has 1 saturated carbocycles. The van der Waals surface area contributed by atoms with Gasteiger partial charge in [-0.3, -0.25) is 9.52 Å². The maximum absolute atomic E-state index is 13.0. The molecule has 200 valence electrons. The Hall–Kier alpha value is -2.19. The highest BCUT2D eigenvalue weighted by molar-refractivity contribution is 7.93. The van der Waals surface area contributed by atoms with E-state index in [0.29, 0.717) is 23.1 Å². The molecule has 0 aliphatic heterocycles. The minimum atomic E-state index is -3.82. The fourth-order valence-electron chi connectivity index (χ4n) is 6.24. The molecule has 0 unspecified atom stereocenters. The molecule has 0 radical (unpaired) electrons. The Labute approximate surface area is 227 Å². The number of aliphatic hydroxyl groups excluding tert-OH is 1. The van der Waals surface area contributed by atoms with Gasteiger partial charge in [0, 0.05) is 35.3 Å². The number of sulfonamides is 1. The van der Waals surface area contributed by atoms with E-state index in [-0.39, 0.29) is 46.3 Å². The summed E-state index contributed by atoms with van der Waals surface area (Å²) in [7, 11) is -2.11. The zero-order valence-electron chi connectivity index (χ0n) is 21.4. The van der Waals surface area contributed by atoms with E-state index >= 15 is 0 Å². The van der Waals surface area contributed by atoms with Crippen molar-refractivity contribution in [1.82, 2.24) is 9.88 Å². The molecule has 2 aliphatic rings. The van der Waals surface area contributed by atoms with Crippen LogP contribution in [-0.4, -0.2) is 49.0 Å². The molecule has 2 N–H and O–H groups in total. The van der Waals surface area contributed by atoms with Crippen molar-refractivity contribution in [1.29, 1.82) is 5.26 Å². The first-order chi connectivity index (χ1) is 17.4. The summed E-state index contributed by atoms with van der Waals surface area (Å²) in [6.07, 6.45) is 1.86. The van der Waals surface area contributed by atoms with E-state index in [0.717, 1.165) is 23.4 Å². The van der Waals surface area contributed by atoms with Gasteiger partial charge in [-0.05, 0) is 60.8 Å². The average molecular weight is 565 g/mol. The van der Waals surface area contributed by atoms with E-state index in [4.69, 9.17) is 16.9 Å². The highest BCUT2D eigenvalue weighted by atomic mass is 35.5. The molecule has 37 heavy (non-hydrogen) atoms. The van der Waals surface area contributed by atoms with Gasteiger partial charge in [-0.1, -0.05) is 32.4 Å². The number of hydrogen-bond donors (Lipinski definition) is 2. The number of rotatable bonds is 7. The lowest BCUT2D eigenvalue weighted by Gasteiger charge is -2.53. The lowest BCUT2D eigenvalue weighted by molar-refractivity contribution is -0.143. The topological polar surface area (TPSA) is 123 Å². The second kappa shape index (κ2) is 10.5. The number of fused-ring (bicyclic) bond motifs is 2. The molecule has 1 fully saturated rings. The zero-order chi connectivity index (χ0) is 27.1. The average Bonchev–Trinajstić information content (AvgIpc) is 3.23.